The van der Waals surface area contributed by atoms with E-state index < -0.39 is 4.92 Å². The molecule has 0 radical (unpaired) electrons. The van der Waals surface area contributed by atoms with Crippen LogP contribution in [0, 0.1) is 10.1 Å². The Hall–Kier alpha value is -1.63. The zero-order valence-electron chi connectivity index (χ0n) is 10.3. The molecule has 0 aliphatic carbocycles. The second-order valence-corrected chi connectivity index (χ2v) is 4.57. The average molecular weight is 239 g/mol. The summed E-state index contributed by atoms with van der Waals surface area (Å²) in [7, 11) is 1.79. The maximum absolute atomic E-state index is 11.0. The van der Waals surface area contributed by atoms with Crippen molar-refractivity contribution in [1.29, 1.82) is 0 Å². The minimum absolute atomic E-state index is 0.0616. The van der Waals surface area contributed by atoms with Crippen molar-refractivity contribution in [2.24, 2.45) is 7.05 Å². The Bertz CT molecular complexity index is 430. The number of nitrogens with zero attached hydrogens (tertiary/aromatic N) is 4. The van der Waals surface area contributed by atoms with E-state index in [4.69, 9.17) is 0 Å². The van der Waals surface area contributed by atoms with Crippen molar-refractivity contribution in [2.45, 2.75) is 25.9 Å². The minimum atomic E-state index is -0.422. The third-order valence-corrected chi connectivity index (χ3v) is 3.10. The van der Waals surface area contributed by atoms with E-state index in [2.05, 4.69) is 24.1 Å². The van der Waals surface area contributed by atoms with Gasteiger partial charge < -0.3 is 20.3 Å². The summed E-state index contributed by atoms with van der Waals surface area (Å²) in [5.41, 5.74) is 0. The van der Waals surface area contributed by atoms with Gasteiger partial charge in [0.25, 0.3) is 0 Å². The van der Waals surface area contributed by atoms with Crippen molar-refractivity contribution in [3.05, 3.63) is 16.4 Å². The Morgan fingerprint density at radius 3 is 2.94 bits per heavy atom. The highest BCUT2D eigenvalue weighted by Crippen LogP contribution is 2.28. The molecule has 0 amide bonds. The highest BCUT2D eigenvalue weighted by molar-refractivity contribution is 5.55. The van der Waals surface area contributed by atoms with Gasteiger partial charge in [-0.1, -0.05) is 0 Å². The van der Waals surface area contributed by atoms with E-state index in [0.717, 1.165) is 13.1 Å². The highest BCUT2D eigenvalue weighted by Gasteiger charge is 2.31. The smallest absolute Gasteiger partial charge is 0.358 e. The third-order valence-electron chi connectivity index (χ3n) is 3.10. The zero-order valence-corrected chi connectivity index (χ0v) is 10.3. The van der Waals surface area contributed by atoms with Gasteiger partial charge in [-0.3, -0.25) is 4.57 Å². The maximum Gasteiger partial charge on any atom is 0.406 e. The number of nitrogens with one attached hydrogen (secondary N) is 1. The largest absolute Gasteiger partial charge is 0.406 e. The Morgan fingerprint density at radius 1 is 1.59 bits per heavy atom. The van der Waals surface area contributed by atoms with Crippen LogP contribution in [0.3, 0.4) is 0 Å². The molecule has 1 saturated heterocycles. The van der Waals surface area contributed by atoms with E-state index in [1.54, 1.807) is 11.6 Å². The van der Waals surface area contributed by atoms with Gasteiger partial charge in [0.05, 0.1) is 0 Å². The fourth-order valence-electron chi connectivity index (χ4n) is 2.19. The van der Waals surface area contributed by atoms with E-state index >= 15 is 0 Å². The van der Waals surface area contributed by atoms with Crippen LogP contribution in [-0.4, -0.2) is 39.6 Å². The number of aryl methyl sites for hydroxylation is 1. The molecule has 94 valence electrons. The molecule has 1 fully saturated rings. The van der Waals surface area contributed by atoms with Crippen LogP contribution in [0.2, 0.25) is 0 Å². The predicted molar refractivity (Wildman–Crippen MR) is 64.1 cm³/mol. The normalized spacial score (nSPS) is 25.0. The lowest BCUT2D eigenvalue weighted by atomic mass is 10.1. The fourth-order valence-corrected chi connectivity index (χ4v) is 2.19. The number of piperazine rings is 1. The molecule has 7 nitrogen and oxygen atoms in total. The van der Waals surface area contributed by atoms with E-state index in [1.165, 1.54) is 6.33 Å². The van der Waals surface area contributed by atoms with Crippen molar-refractivity contribution in [3.63, 3.8) is 0 Å². The Labute approximate surface area is 99.6 Å². The first-order valence-electron chi connectivity index (χ1n) is 5.66. The highest BCUT2D eigenvalue weighted by atomic mass is 16.6. The van der Waals surface area contributed by atoms with Crippen LogP contribution in [0.15, 0.2) is 6.33 Å². The van der Waals surface area contributed by atoms with Crippen molar-refractivity contribution in [3.8, 4) is 0 Å². The molecule has 7 heteroatoms. The lowest BCUT2D eigenvalue weighted by Crippen LogP contribution is -2.55. The summed E-state index contributed by atoms with van der Waals surface area (Å²) >= 11 is 0. The fraction of sp³-hybridized carbons (Fsp3) is 0.700. The van der Waals surface area contributed by atoms with E-state index in [1.807, 2.05) is 4.90 Å². The van der Waals surface area contributed by atoms with Crippen LogP contribution in [0.4, 0.5) is 11.6 Å². The standard InChI is InChI=1S/C10H17N5O2/c1-7-5-14(8(2)4-11-7)10-9(15(16)17)12-6-13(10)3/h6-8,11H,4-5H2,1-3H3. The maximum atomic E-state index is 11.0. The van der Waals surface area contributed by atoms with Gasteiger partial charge in [-0.2, -0.15) is 0 Å². The average Bonchev–Trinajstić information content (AvgIpc) is 2.64. The molecule has 1 aliphatic rings. The summed E-state index contributed by atoms with van der Waals surface area (Å²) in [6.07, 6.45) is 1.49. The molecule has 1 N–H and O–H groups in total. The molecule has 2 rings (SSSR count). The zero-order chi connectivity index (χ0) is 12.6. The third kappa shape index (κ3) is 2.10. The molecule has 1 aromatic heterocycles. The first-order chi connectivity index (χ1) is 8.00. The van der Waals surface area contributed by atoms with E-state index in [9.17, 15) is 10.1 Å². The van der Waals surface area contributed by atoms with Gasteiger partial charge in [0.15, 0.2) is 0 Å². The number of imidazole rings is 1. The molecule has 2 unspecified atom stereocenters. The summed E-state index contributed by atoms with van der Waals surface area (Å²) in [5, 5.41) is 14.3. The van der Waals surface area contributed by atoms with Gasteiger partial charge in [0.2, 0.25) is 12.1 Å². The van der Waals surface area contributed by atoms with E-state index in [0.29, 0.717) is 11.9 Å². The number of aromatic nitrogens is 2. The molecule has 0 spiro atoms. The van der Waals surface area contributed by atoms with Gasteiger partial charge in [-0.15, -0.1) is 0 Å². The van der Waals surface area contributed by atoms with Crippen molar-refractivity contribution < 1.29 is 4.92 Å². The first-order valence-corrected chi connectivity index (χ1v) is 5.66. The monoisotopic (exact) mass is 239 g/mol. The number of hydrogen-bond donors (Lipinski definition) is 1. The first kappa shape index (κ1) is 11.8. The Balaban J connectivity index is 2.37. The second-order valence-electron chi connectivity index (χ2n) is 4.57. The molecule has 0 bridgehead atoms. The number of nitro groups is 1. The van der Waals surface area contributed by atoms with Gasteiger partial charge >= 0.3 is 5.82 Å². The molecular formula is C10H17N5O2. The SMILES string of the molecule is CC1CN(c2c([N+](=O)[O-])ncn2C)C(C)CN1. The lowest BCUT2D eigenvalue weighted by molar-refractivity contribution is -0.388. The minimum Gasteiger partial charge on any atom is -0.358 e. The van der Waals surface area contributed by atoms with Crippen molar-refractivity contribution >= 4 is 11.6 Å². The molecule has 0 saturated carbocycles. The van der Waals surface area contributed by atoms with Crippen molar-refractivity contribution in [1.82, 2.24) is 14.9 Å². The summed E-state index contributed by atoms with van der Waals surface area (Å²) in [4.78, 5) is 16.4. The molecule has 1 aromatic rings. The topological polar surface area (TPSA) is 76.2 Å². The molecule has 0 aromatic carbocycles. The number of anilines is 1. The number of rotatable bonds is 2. The predicted octanol–water partition coefficient (Wildman–Crippen LogP) is 0.515. The molecule has 2 heterocycles. The Morgan fingerprint density at radius 2 is 2.29 bits per heavy atom. The summed E-state index contributed by atoms with van der Waals surface area (Å²) in [6.45, 7) is 5.70. The summed E-state index contributed by atoms with van der Waals surface area (Å²) in [5.74, 6) is 0.532. The molecular weight excluding hydrogens is 222 g/mol. The van der Waals surface area contributed by atoms with Crippen molar-refractivity contribution in [2.75, 3.05) is 18.0 Å². The molecule has 2 atom stereocenters. The van der Waals surface area contributed by atoms with Crippen LogP contribution >= 0.6 is 0 Å². The van der Waals surface area contributed by atoms with Gasteiger partial charge in [0.1, 0.15) is 0 Å². The summed E-state index contributed by atoms with van der Waals surface area (Å²) < 4.78 is 1.71. The van der Waals surface area contributed by atoms with Crippen LogP contribution in [-0.2, 0) is 7.05 Å². The quantitative estimate of drug-likeness (QED) is 0.601. The van der Waals surface area contributed by atoms with Gasteiger partial charge in [0, 0.05) is 32.2 Å². The molecule has 1 aliphatic heterocycles. The molecule has 17 heavy (non-hydrogen) atoms. The van der Waals surface area contributed by atoms with Gasteiger partial charge in [-0.25, -0.2) is 0 Å². The Kier molecular flexibility index (Phi) is 3.01. The second kappa shape index (κ2) is 4.33. The number of hydrogen-bond acceptors (Lipinski definition) is 5. The van der Waals surface area contributed by atoms with Crippen LogP contribution in [0.1, 0.15) is 13.8 Å². The van der Waals surface area contributed by atoms with E-state index in [-0.39, 0.29) is 11.9 Å². The van der Waals surface area contributed by atoms with Crippen LogP contribution in [0.5, 0.6) is 0 Å². The van der Waals surface area contributed by atoms with Crippen LogP contribution in [0.25, 0.3) is 0 Å². The lowest BCUT2D eigenvalue weighted by Gasteiger charge is -2.38. The summed E-state index contributed by atoms with van der Waals surface area (Å²) in [6, 6.07) is 0.543. The van der Waals surface area contributed by atoms with Gasteiger partial charge in [-0.05, 0) is 23.8 Å². The van der Waals surface area contributed by atoms with Crippen LogP contribution < -0.4 is 10.2 Å².